The van der Waals surface area contributed by atoms with Crippen molar-refractivity contribution in [3.8, 4) is 5.75 Å². The number of ether oxygens (including phenoxy) is 1. The van der Waals surface area contributed by atoms with E-state index in [2.05, 4.69) is 19.9 Å². The summed E-state index contributed by atoms with van der Waals surface area (Å²) < 4.78 is 32.8. The molecule has 9 heteroatoms. The summed E-state index contributed by atoms with van der Waals surface area (Å²) >= 11 is 0. The van der Waals surface area contributed by atoms with Crippen LogP contribution in [0.25, 0.3) is 0 Å². The lowest BCUT2D eigenvalue weighted by Gasteiger charge is -2.15. The van der Waals surface area contributed by atoms with E-state index in [1.54, 1.807) is 19.9 Å². The Bertz CT molecular complexity index is 700. The summed E-state index contributed by atoms with van der Waals surface area (Å²) in [5.41, 5.74) is 6.01. The van der Waals surface area contributed by atoms with E-state index in [1.807, 2.05) is 0 Å². The Balaban J connectivity index is 2.33. The predicted molar refractivity (Wildman–Crippen MR) is 77.1 cm³/mol. The molecule has 0 amide bonds. The first-order valence-corrected chi connectivity index (χ1v) is 7.82. The Labute approximate surface area is 122 Å². The smallest absolute Gasteiger partial charge is 0.244 e. The average molecular weight is 311 g/mol. The second kappa shape index (κ2) is 6.10. The van der Waals surface area contributed by atoms with Crippen LogP contribution in [0.3, 0.4) is 0 Å². The summed E-state index contributed by atoms with van der Waals surface area (Å²) in [7, 11) is -3.80. The number of nitrogens with zero attached hydrogens (tertiary/aromatic N) is 2. The molecule has 8 nitrogen and oxygen atoms in total. The topological polar surface area (TPSA) is 123 Å². The maximum absolute atomic E-state index is 12.5. The van der Waals surface area contributed by atoms with Gasteiger partial charge in [0, 0.05) is 5.69 Å². The Morgan fingerprint density at radius 3 is 2.86 bits per heavy atom. The number of aromatic nitrogens is 3. The van der Waals surface area contributed by atoms with Crippen LogP contribution in [0.2, 0.25) is 0 Å². The zero-order valence-electron chi connectivity index (χ0n) is 11.7. The van der Waals surface area contributed by atoms with Crippen LogP contribution >= 0.6 is 0 Å². The van der Waals surface area contributed by atoms with E-state index >= 15 is 0 Å². The Morgan fingerprint density at radius 1 is 1.48 bits per heavy atom. The Kier molecular flexibility index (Phi) is 4.43. The van der Waals surface area contributed by atoms with Crippen molar-refractivity contribution in [3.05, 3.63) is 30.4 Å². The lowest BCUT2D eigenvalue weighted by Crippen LogP contribution is -2.28. The number of nitrogens with two attached hydrogens (primary N) is 1. The second-order valence-corrected chi connectivity index (χ2v) is 6.04. The van der Waals surface area contributed by atoms with Crippen LogP contribution < -0.4 is 15.2 Å². The molecular formula is C12H17N5O3S. The van der Waals surface area contributed by atoms with E-state index in [0.29, 0.717) is 18.1 Å². The fraction of sp³-hybridized carbons (Fsp3) is 0.333. The number of rotatable bonds is 6. The molecule has 114 valence electrons. The third kappa shape index (κ3) is 3.50. The summed E-state index contributed by atoms with van der Waals surface area (Å²) in [6, 6.07) is 3.92. The molecule has 0 fully saturated rings. The van der Waals surface area contributed by atoms with Crippen LogP contribution in [0.15, 0.2) is 29.4 Å². The quantitative estimate of drug-likeness (QED) is 0.679. The Morgan fingerprint density at radius 2 is 2.24 bits per heavy atom. The number of hydrogen-bond donors (Lipinski definition) is 3. The van der Waals surface area contributed by atoms with Gasteiger partial charge in [0.1, 0.15) is 22.8 Å². The van der Waals surface area contributed by atoms with Crippen LogP contribution in [0, 0.1) is 0 Å². The van der Waals surface area contributed by atoms with Gasteiger partial charge in [0.15, 0.2) is 0 Å². The van der Waals surface area contributed by atoms with Gasteiger partial charge in [-0.15, -0.1) is 0 Å². The SMILES string of the molecule is CCOc1ccc(N)cc1S(=O)(=O)NC(C)c1ncn[nH]1. The molecule has 1 aromatic heterocycles. The van der Waals surface area contributed by atoms with Gasteiger partial charge >= 0.3 is 0 Å². The highest BCUT2D eigenvalue weighted by atomic mass is 32.2. The number of benzene rings is 1. The van der Waals surface area contributed by atoms with E-state index in [1.165, 1.54) is 18.5 Å². The van der Waals surface area contributed by atoms with Crippen LogP contribution in [0.1, 0.15) is 25.7 Å². The molecule has 0 saturated heterocycles. The first-order valence-electron chi connectivity index (χ1n) is 6.34. The summed E-state index contributed by atoms with van der Waals surface area (Å²) in [5.74, 6) is 0.671. The number of anilines is 1. The maximum Gasteiger partial charge on any atom is 0.244 e. The lowest BCUT2D eigenvalue weighted by molar-refractivity contribution is 0.331. The molecule has 0 radical (unpaired) electrons. The van der Waals surface area contributed by atoms with Crippen LogP contribution in [-0.2, 0) is 10.0 Å². The van der Waals surface area contributed by atoms with Crippen molar-refractivity contribution >= 4 is 15.7 Å². The largest absolute Gasteiger partial charge is 0.492 e. The van der Waals surface area contributed by atoms with Gasteiger partial charge in [-0.05, 0) is 32.0 Å². The van der Waals surface area contributed by atoms with Gasteiger partial charge in [-0.25, -0.2) is 18.1 Å². The van der Waals surface area contributed by atoms with Crippen LogP contribution in [0.4, 0.5) is 5.69 Å². The molecule has 0 bridgehead atoms. The predicted octanol–water partition coefficient (Wildman–Crippen LogP) is 0.825. The van der Waals surface area contributed by atoms with E-state index in [0.717, 1.165) is 0 Å². The molecule has 0 aliphatic rings. The third-order valence-corrected chi connectivity index (χ3v) is 4.29. The van der Waals surface area contributed by atoms with Gasteiger partial charge in [0.25, 0.3) is 0 Å². The monoisotopic (exact) mass is 311 g/mol. The van der Waals surface area contributed by atoms with Crippen molar-refractivity contribution in [3.63, 3.8) is 0 Å². The molecule has 2 aromatic rings. The van der Waals surface area contributed by atoms with Gasteiger partial charge in [0.05, 0.1) is 12.6 Å². The van der Waals surface area contributed by atoms with E-state index < -0.39 is 16.1 Å². The molecular weight excluding hydrogens is 294 g/mol. The van der Waals surface area contributed by atoms with Crippen molar-refractivity contribution in [2.24, 2.45) is 0 Å². The molecule has 21 heavy (non-hydrogen) atoms. The highest BCUT2D eigenvalue weighted by molar-refractivity contribution is 7.89. The zero-order valence-corrected chi connectivity index (χ0v) is 12.5. The van der Waals surface area contributed by atoms with Crippen molar-refractivity contribution in [2.45, 2.75) is 24.8 Å². The molecule has 0 aliphatic carbocycles. The molecule has 0 saturated carbocycles. The molecule has 2 rings (SSSR count). The number of nitrogen functional groups attached to an aromatic ring is 1. The van der Waals surface area contributed by atoms with Crippen molar-refractivity contribution in [2.75, 3.05) is 12.3 Å². The third-order valence-electron chi connectivity index (χ3n) is 2.73. The second-order valence-electron chi connectivity index (χ2n) is 4.35. The highest BCUT2D eigenvalue weighted by Gasteiger charge is 2.24. The minimum atomic E-state index is -3.80. The molecule has 1 aromatic carbocycles. The van der Waals surface area contributed by atoms with Crippen LogP contribution in [0.5, 0.6) is 5.75 Å². The number of H-pyrrole nitrogens is 1. The summed E-state index contributed by atoms with van der Waals surface area (Å²) in [4.78, 5) is 3.92. The standard InChI is InChI=1S/C12H17N5O3S/c1-3-20-10-5-4-9(13)6-11(10)21(18,19)17-8(2)12-14-7-15-16-12/h4-8,17H,3,13H2,1-2H3,(H,14,15,16). The summed E-state index contributed by atoms with van der Waals surface area (Å²) in [6.07, 6.45) is 1.31. The van der Waals surface area contributed by atoms with E-state index in [4.69, 9.17) is 10.5 Å². The maximum atomic E-state index is 12.5. The zero-order chi connectivity index (χ0) is 15.5. The van der Waals surface area contributed by atoms with Crippen molar-refractivity contribution < 1.29 is 13.2 Å². The van der Waals surface area contributed by atoms with Gasteiger partial charge in [-0.1, -0.05) is 0 Å². The minimum Gasteiger partial charge on any atom is -0.492 e. The number of nitrogens with one attached hydrogen (secondary N) is 2. The van der Waals surface area contributed by atoms with Gasteiger partial charge in [-0.2, -0.15) is 5.10 Å². The summed E-state index contributed by atoms with van der Waals surface area (Å²) in [5, 5.41) is 6.31. The molecule has 4 N–H and O–H groups in total. The fourth-order valence-corrected chi connectivity index (χ4v) is 3.17. The summed E-state index contributed by atoms with van der Waals surface area (Å²) in [6.45, 7) is 3.78. The van der Waals surface area contributed by atoms with Crippen molar-refractivity contribution in [1.82, 2.24) is 19.9 Å². The lowest BCUT2D eigenvalue weighted by atomic mass is 10.3. The first kappa shape index (κ1) is 15.3. The average Bonchev–Trinajstić information content (AvgIpc) is 2.94. The molecule has 1 heterocycles. The molecule has 1 atom stereocenters. The molecule has 1 unspecified atom stereocenters. The number of hydrogen-bond acceptors (Lipinski definition) is 6. The first-order chi connectivity index (χ1) is 9.94. The Hall–Kier alpha value is -2.13. The normalized spacial score (nSPS) is 13.0. The molecule has 0 spiro atoms. The number of aromatic amines is 1. The van der Waals surface area contributed by atoms with Gasteiger partial charge in [0.2, 0.25) is 10.0 Å². The molecule has 0 aliphatic heterocycles. The number of sulfonamides is 1. The van der Waals surface area contributed by atoms with Crippen molar-refractivity contribution in [1.29, 1.82) is 0 Å². The van der Waals surface area contributed by atoms with Crippen LogP contribution in [-0.4, -0.2) is 30.2 Å². The fourth-order valence-electron chi connectivity index (χ4n) is 1.79. The van der Waals surface area contributed by atoms with E-state index in [9.17, 15) is 8.42 Å². The highest BCUT2D eigenvalue weighted by Crippen LogP contribution is 2.27. The van der Waals surface area contributed by atoms with Gasteiger partial charge < -0.3 is 10.5 Å². The van der Waals surface area contributed by atoms with Gasteiger partial charge in [-0.3, -0.25) is 5.10 Å². The van der Waals surface area contributed by atoms with E-state index in [-0.39, 0.29) is 10.6 Å². The minimum absolute atomic E-state index is 0.00397.